The van der Waals surface area contributed by atoms with E-state index in [2.05, 4.69) is 22.0 Å². The van der Waals surface area contributed by atoms with E-state index in [-0.39, 0.29) is 11.6 Å². The van der Waals surface area contributed by atoms with E-state index in [0.29, 0.717) is 18.1 Å². The highest BCUT2D eigenvalue weighted by atomic mass is 16.5. The second-order valence-corrected chi connectivity index (χ2v) is 6.40. The summed E-state index contributed by atoms with van der Waals surface area (Å²) < 4.78 is 6.87. The molecule has 7 nitrogen and oxygen atoms in total. The van der Waals surface area contributed by atoms with Crippen molar-refractivity contribution >= 4 is 5.97 Å². The SMILES string of the molecule is COCc1nc(C2CCCCCN2C)n(-c2ccccc2C(=O)O)n1. The van der Waals surface area contributed by atoms with Gasteiger partial charge in [0.05, 0.1) is 17.3 Å². The van der Waals surface area contributed by atoms with Crippen LogP contribution in [0.2, 0.25) is 0 Å². The summed E-state index contributed by atoms with van der Waals surface area (Å²) in [6.45, 7) is 1.30. The zero-order chi connectivity index (χ0) is 17.8. The van der Waals surface area contributed by atoms with Crippen LogP contribution in [0.5, 0.6) is 0 Å². The highest BCUT2D eigenvalue weighted by Crippen LogP contribution is 2.30. The Kier molecular flexibility index (Phi) is 5.45. The van der Waals surface area contributed by atoms with E-state index in [1.807, 2.05) is 6.07 Å². The number of nitrogens with zero attached hydrogens (tertiary/aromatic N) is 4. The Labute approximate surface area is 147 Å². The van der Waals surface area contributed by atoms with Crippen molar-refractivity contribution < 1.29 is 14.6 Å². The second kappa shape index (κ2) is 7.76. The van der Waals surface area contributed by atoms with Crippen LogP contribution in [0.25, 0.3) is 5.69 Å². The lowest BCUT2D eigenvalue weighted by atomic mass is 10.1. The number of aromatic carboxylic acids is 1. The van der Waals surface area contributed by atoms with E-state index in [1.54, 1.807) is 30.0 Å². The summed E-state index contributed by atoms with van der Waals surface area (Å²) in [5, 5.41) is 14.1. The molecule has 1 unspecified atom stereocenters. The number of para-hydroxylation sites is 1. The number of rotatable bonds is 5. The van der Waals surface area contributed by atoms with Crippen LogP contribution in [0.15, 0.2) is 24.3 Å². The third kappa shape index (κ3) is 3.72. The van der Waals surface area contributed by atoms with Crippen LogP contribution in [0.4, 0.5) is 0 Å². The van der Waals surface area contributed by atoms with E-state index < -0.39 is 5.97 Å². The van der Waals surface area contributed by atoms with Gasteiger partial charge in [-0.25, -0.2) is 14.5 Å². The Morgan fingerprint density at radius 3 is 2.88 bits per heavy atom. The molecule has 0 amide bonds. The molecular formula is C18H24N4O3. The third-order valence-corrected chi connectivity index (χ3v) is 4.63. The van der Waals surface area contributed by atoms with Gasteiger partial charge >= 0.3 is 5.97 Å². The summed E-state index contributed by atoms with van der Waals surface area (Å²) in [4.78, 5) is 18.6. The van der Waals surface area contributed by atoms with Gasteiger partial charge in [0, 0.05) is 7.11 Å². The molecule has 3 rings (SSSR count). The number of hydrogen-bond acceptors (Lipinski definition) is 5. The smallest absolute Gasteiger partial charge is 0.337 e. The lowest BCUT2D eigenvalue weighted by Crippen LogP contribution is -2.27. The Hall–Kier alpha value is -2.25. The fourth-order valence-corrected chi connectivity index (χ4v) is 3.37. The monoisotopic (exact) mass is 344 g/mol. The molecule has 1 fully saturated rings. The first-order chi connectivity index (χ1) is 12.1. The maximum absolute atomic E-state index is 11.6. The lowest BCUT2D eigenvalue weighted by molar-refractivity contribution is 0.0696. The molecule has 0 bridgehead atoms. The van der Waals surface area contributed by atoms with Crippen molar-refractivity contribution in [3.63, 3.8) is 0 Å². The minimum Gasteiger partial charge on any atom is -0.478 e. The molecule has 1 aliphatic rings. The molecular weight excluding hydrogens is 320 g/mol. The third-order valence-electron chi connectivity index (χ3n) is 4.63. The number of aromatic nitrogens is 3. The normalized spacial score (nSPS) is 18.9. The Bertz CT molecular complexity index is 744. The number of likely N-dealkylation sites (tertiary alicyclic amines) is 1. The molecule has 1 saturated heterocycles. The molecule has 1 aromatic heterocycles. The van der Waals surface area contributed by atoms with E-state index in [4.69, 9.17) is 4.74 Å². The van der Waals surface area contributed by atoms with Gasteiger partial charge in [-0.3, -0.25) is 4.90 Å². The first-order valence-corrected chi connectivity index (χ1v) is 8.59. The Morgan fingerprint density at radius 1 is 1.32 bits per heavy atom. The first-order valence-electron chi connectivity index (χ1n) is 8.59. The maximum Gasteiger partial charge on any atom is 0.337 e. The highest BCUT2D eigenvalue weighted by Gasteiger charge is 2.27. The standard InChI is InChI=1S/C18H24N4O3/c1-21-11-7-3-4-10-15(21)17-19-16(12-25-2)20-22(17)14-9-6-5-8-13(14)18(23)24/h5-6,8-9,15H,3-4,7,10-12H2,1-2H3,(H,23,24). The van der Waals surface area contributed by atoms with Gasteiger partial charge < -0.3 is 9.84 Å². The molecule has 134 valence electrons. The molecule has 1 aromatic carbocycles. The van der Waals surface area contributed by atoms with Crippen LogP contribution >= 0.6 is 0 Å². The van der Waals surface area contributed by atoms with Gasteiger partial charge in [-0.05, 0) is 38.6 Å². The lowest BCUT2D eigenvalue weighted by Gasteiger charge is -2.25. The van der Waals surface area contributed by atoms with Crippen LogP contribution in [0.3, 0.4) is 0 Å². The van der Waals surface area contributed by atoms with Crippen molar-refractivity contribution in [3.05, 3.63) is 41.5 Å². The van der Waals surface area contributed by atoms with Crippen molar-refractivity contribution in [2.24, 2.45) is 0 Å². The van der Waals surface area contributed by atoms with Crippen molar-refractivity contribution in [2.45, 2.75) is 38.3 Å². The van der Waals surface area contributed by atoms with Gasteiger partial charge in [-0.15, -0.1) is 5.10 Å². The topological polar surface area (TPSA) is 80.5 Å². The molecule has 2 aromatic rings. The number of hydrogen-bond donors (Lipinski definition) is 1. The molecule has 1 aliphatic heterocycles. The van der Waals surface area contributed by atoms with Gasteiger partial charge in [0.25, 0.3) is 0 Å². The van der Waals surface area contributed by atoms with Crippen LogP contribution in [0.1, 0.15) is 53.7 Å². The molecule has 0 aliphatic carbocycles. The number of methoxy groups -OCH3 is 1. The van der Waals surface area contributed by atoms with Crippen LogP contribution < -0.4 is 0 Å². The average Bonchev–Trinajstić information content (AvgIpc) is 2.89. The molecule has 1 N–H and O–H groups in total. The molecule has 7 heteroatoms. The minimum absolute atomic E-state index is 0.113. The zero-order valence-electron chi connectivity index (χ0n) is 14.7. The van der Waals surface area contributed by atoms with E-state index in [1.165, 1.54) is 6.42 Å². The van der Waals surface area contributed by atoms with Gasteiger partial charge in [-0.1, -0.05) is 25.0 Å². The van der Waals surface area contributed by atoms with Crippen molar-refractivity contribution in [2.75, 3.05) is 20.7 Å². The number of ether oxygens (including phenoxy) is 1. The summed E-state index contributed by atoms with van der Waals surface area (Å²) >= 11 is 0. The van der Waals surface area contributed by atoms with Crippen molar-refractivity contribution in [3.8, 4) is 5.69 Å². The largest absolute Gasteiger partial charge is 0.478 e. The summed E-state index contributed by atoms with van der Waals surface area (Å²) in [7, 11) is 3.69. The van der Waals surface area contributed by atoms with E-state index >= 15 is 0 Å². The predicted molar refractivity (Wildman–Crippen MR) is 92.9 cm³/mol. The van der Waals surface area contributed by atoms with E-state index in [9.17, 15) is 9.90 Å². The summed E-state index contributed by atoms with van der Waals surface area (Å²) in [5.74, 6) is 0.375. The Balaban J connectivity index is 2.11. The summed E-state index contributed by atoms with van der Waals surface area (Å²) in [6.07, 6.45) is 4.47. The van der Waals surface area contributed by atoms with Crippen LogP contribution in [0, 0.1) is 0 Å². The predicted octanol–water partition coefficient (Wildman–Crippen LogP) is 2.66. The summed E-state index contributed by atoms with van der Waals surface area (Å²) in [5.41, 5.74) is 0.756. The molecule has 25 heavy (non-hydrogen) atoms. The number of benzene rings is 1. The van der Waals surface area contributed by atoms with Gasteiger partial charge in [0.1, 0.15) is 12.4 Å². The quantitative estimate of drug-likeness (QED) is 0.898. The zero-order valence-corrected chi connectivity index (χ0v) is 14.7. The van der Waals surface area contributed by atoms with Gasteiger partial charge in [-0.2, -0.15) is 0 Å². The molecule has 0 saturated carbocycles. The molecule has 1 atom stereocenters. The maximum atomic E-state index is 11.6. The van der Waals surface area contributed by atoms with Crippen LogP contribution in [-0.4, -0.2) is 51.4 Å². The van der Waals surface area contributed by atoms with Crippen LogP contribution in [-0.2, 0) is 11.3 Å². The Morgan fingerprint density at radius 2 is 2.12 bits per heavy atom. The molecule has 0 radical (unpaired) electrons. The van der Waals surface area contributed by atoms with Crippen molar-refractivity contribution in [1.82, 2.24) is 19.7 Å². The highest BCUT2D eigenvalue weighted by molar-refractivity contribution is 5.91. The fourth-order valence-electron chi connectivity index (χ4n) is 3.37. The number of carboxylic acids is 1. The molecule has 0 spiro atoms. The number of carbonyl (C=O) groups is 1. The summed E-state index contributed by atoms with van der Waals surface area (Å²) in [6, 6.07) is 7.02. The van der Waals surface area contributed by atoms with Gasteiger partial charge in [0.15, 0.2) is 5.82 Å². The fraction of sp³-hybridized carbons (Fsp3) is 0.500. The first kappa shape index (κ1) is 17.6. The minimum atomic E-state index is -0.973. The molecule has 2 heterocycles. The second-order valence-electron chi connectivity index (χ2n) is 6.40. The van der Waals surface area contributed by atoms with Crippen molar-refractivity contribution in [1.29, 1.82) is 0 Å². The van der Waals surface area contributed by atoms with E-state index in [0.717, 1.165) is 31.6 Å². The number of carboxylic acid groups (broad SMARTS) is 1. The average molecular weight is 344 g/mol. The van der Waals surface area contributed by atoms with Gasteiger partial charge in [0.2, 0.25) is 0 Å².